The molecule has 2 aromatic rings. The molecule has 0 saturated heterocycles. The van der Waals surface area contributed by atoms with E-state index in [2.05, 4.69) is 15.5 Å². The monoisotopic (exact) mass is 380 g/mol. The second-order valence-electron chi connectivity index (χ2n) is 5.53. The zero-order valence-corrected chi connectivity index (χ0v) is 14.6. The first-order valence-electron chi connectivity index (χ1n) is 7.68. The number of hydrogen-bond donors (Lipinski definition) is 0. The zero-order valence-electron chi connectivity index (χ0n) is 13.1. The maximum absolute atomic E-state index is 12.4. The van der Waals surface area contributed by atoms with Crippen LogP contribution in [0.5, 0.6) is 0 Å². The van der Waals surface area contributed by atoms with Crippen LogP contribution >= 0.6 is 23.2 Å². The number of halogens is 2. The Morgan fingerprint density at radius 2 is 2.12 bits per heavy atom. The molecular weight excluding hydrogens is 367 g/mol. The first-order valence-corrected chi connectivity index (χ1v) is 8.43. The Balaban J connectivity index is 1.78. The van der Waals surface area contributed by atoms with Crippen molar-refractivity contribution >= 4 is 35.0 Å². The minimum absolute atomic E-state index is 0.0432. The quantitative estimate of drug-likeness (QED) is 0.740. The molecule has 1 heterocycles. The summed E-state index contributed by atoms with van der Waals surface area (Å²) in [5.41, 5.74) is 0.818. The summed E-state index contributed by atoms with van der Waals surface area (Å²) in [6.45, 7) is 0.463. The largest absolute Gasteiger partial charge is 0.427 e. The Bertz CT molecular complexity index is 834. The van der Waals surface area contributed by atoms with Crippen molar-refractivity contribution in [3.8, 4) is 0 Å². The highest BCUT2D eigenvalue weighted by Crippen LogP contribution is 2.30. The van der Waals surface area contributed by atoms with Gasteiger partial charge in [0.25, 0.3) is 0 Å². The molecule has 0 atom stereocenters. The van der Waals surface area contributed by atoms with Gasteiger partial charge in [-0.1, -0.05) is 23.2 Å². The fourth-order valence-corrected chi connectivity index (χ4v) is 3.15. The third-order valence-electron chi connectivity index (χ3n) is 3.78. The lowest BCUT2D eigenvalue weighted by Gasteiger charge is -2.14. The normalized spacial score (nSPS) is 14.3. The van der Waals surface area contributed by atoms with Crippen molar-refractivity contribution in [3.63, 3.8) is 0 Å². The van der Waals surface area contributed by atoms with Crippen LogP contribution < -0.4 is 0 Å². The third-order valence-corrected chi connectivity index (χ3v) is 4.57. The number of allylic oxidation sites excluding steroid dienone is 2. The predicted octanol–water partition coefficient (Wildman–Crippen LogP) is 3.02. The molecule has 0 aliphatic heterocycles. The van der Waals surface area contributed by atoms with E-state index in [0.29, 0.717) is 48.6 Å². The van der Waals surface area contributed by atoms with Crippen molar-refractivity contribution < 1.29 is 14.3 Å². The van der Waals surface area contributed by atoms with Crippen molar-refractivity contribution in [2.45, 2.75) is 32.2 Å². The number of esters is 1. The number of carbonyl (C=O) groups excluding carboxylic acids is 2. The summed E-state index contributed by atoms with van der Waals surface area (Å²) in [6.07, 6.45) is 4.99. The average Bonchev–Trinajstić information content (AvgIpc) is 3.08. The number of carbonyl (C=O) groups is 2. The summed E-state index contributed by atoms with van der Waals surface area (Å²) < 4.78 is 6.85. The van der Waals surface area contributed by atoms with Crippen LogP contribution in [0.1, 0.15) is 35.2 Å². The molecule has 130 valence electrons. The molecule has 0 bridgehead atoms. The van der Waals surface area contributed by atoms with Crippen molar-refractivity contribution in [1.82, 2.24) is 20.2 Å². The van der Waals surface area contributed by atoms with E-state index in [1.54, 1.807) is 6.07 Å². The molecule has 1 aromatic carbocycles. The van der Waals surface area contributed by atoms with Crippen molar-refractivity contribution in [2.75, 3.05) is 0 Å². The lowest BCUT2D eigenvalue weighted by atomic mass is 10.0. The minimum atomic E-state index is -0.605. The standard InChI is InChI=1S/C16H14Cl2N4O3/c17-14-5-4-13(16(24)25-11-3-1-2-10(23)8-11)15(18)12(14)6-7-22-9-19-20-21-22/h4-5,8-9H,1-3,6-7H2. The second-order valence-corrected chi connectivity index (χ2v) is 6.32. The fraction of sp³-hybridized carbons (Fsp3) is 0.312. The molecule has 7 nitrogen and oxygen atoms in total. The van der Waals surface area contributed by atoms with Crippen LogP contribution in [-0.2, 0) is 22.5 Å². The summed E-state index contributed by atoms with van der Waals surface area (Å²) in [6, 6.07) is 3.11. The van der Waals surface area contributed by atoms with Gasteiger partial charge >= 0.3 is 5.97 Å². The Hall–Kier alpha value is -2.25. The van der Waals surface area contributed by atoms with Gasteiger partial charge in [0.15, 0.2) is 5.78 Å². The number of aryl methyl sites for hydroxylation is 1. The number of tetrazole rings is 1. The van der Waals surface area contributed by atoms with Gasteiger partial charge in [-0.15, -0.1) is 5.10 Å². The van der Waals surface area contributed by atoms with Crippen molar-refractivity contribution in [3.05, 3.63) is 51.5 Å². The molecular formula is C16H14Cl2N4O3. The van der Waals surface area contributed by atoms with Crippen LogP contribution in [0.3, 0.4) is 0 Å². The van der Waals surface area contributed by atoms with Gasteiger partial charge in [0.05, 0.1) is 10.6 Å². The van der Waals surface area contributed by atoms with E-state index < -0.39 is 5.97 Å². The topological polar surface area (TPSA) is 87.0 Å². The van der Waals surface area contributed by atoms with Crippen LogP contribution in [0.4, 0.5) is 0 Å². The first kappa shape index (κ1) is 17.6. The maximum atomic E-state index is 12.4. The predicted molar refractivity (Wildman–Crippen MR) is 90.3 cm³/mol. The third kappa shape index (κ3) is 4.24. The Labute approximate surface area is 153 Å². The molecule has 25 heavy (non-hydrogen) atoms. The van der Waals surface area contributed by atoms with E-state index in [-0.39, 0.29) is 16.4 Å². The van der Waals surface area contributed by atoms with Gasteiger partial charge in [-0.2, -0.15) is 0 Å². The lowest BCUT2D eigenvalue weighted by molar-refractivity contribution is -0.115. The molecule has 9 heteroatoms. The SMILES string of the molecule is O=C1C=C(OC(=O)c2ccc(Cl)c(CCn3cnnn3)c2Cl)CCC1. The van der Waals surface area contributed by atoms with E-state index in [9.17, 15) is 9.59 Å². The number of rotatable bonds is 5. The molecule has 1 aliphatic rings. The van der Waals surface area contributed by atoms with Crippen LogP contribution in [-0.4, -0.2) is 32.0 Å². The lowest BCUT2D eigenvalue weighted by Crippen LogP contribution is -2.12. The summed E-state index contributed by atoms with van der Waals surface area (Å²) in [4.78, 5) is 23.8. The molecule has 1 aromatic heterocycles. The van der Waals surface area contributed by atoms with Crippen molar-refractivity contribution in [2.24, 2.45) is 0 Å². The van der Waals surface area contributed by atoms with Gasteiger partial charge in [-0.25, -0.2) is 9.48 Å². The highest BCUT2D eigenvalue weighted by molar-refractivity contribution is 6.38. The minimum Gasteiger partial charge on any atom is -0.427 e. The molecule has 0 radical (unpaired) electrons. The Morgan fingerprint density at radius 3 is 2.84 bits per heavy atom. The first-order chi connectivity index (χ1) is 12.0. The summed E-state index contributed by atoms with van der Waals surface area (Å²) in [5, 5.41) is 11.6. The molecule has 1 aliphatic carbocycles. The van der Waals surface area contributed by atoms with E-state index in [4.69, 9.17) is 27.9 Å². The average molecular weight is 381 g/mol. The number of aromatic nitrogens is 4. The van der Waals surface area contributed by atoms with Gasteiger partial charge in [-0.05, 0) is 41.0 Å². The number of hydrogen-bond acceptors (Lipinski definition) is 6. The zero-order chi connectivity index (χ0) is 17.8. The van der Waals surface area contributed by atoms with E-state index in [0.717, 1.165) is 0 Å². The van der Waals surface area contributed by atoms with Crippen LogP contribution in [0.2, 0.25) is 10.0 Å². The molecule has 3 rings (SSSR count). The highest BCUT2D eigenvalue weighted by Gasteiger charge is 2.20. The van der Waals surface area contributed by atoms with Crippen molar-refractivity contribution in [1.29, 1.82) is 0 Å². The van der Waals surface area contributed by atoms with Gasteiger partial charge in [0, 0.05) is 30.5 Å². The second kappa shape index (κ2) is 7.76. The molecule has 0 saturated carbocycles. The van der Waals surface area contributed by atoms with Gasteiger partial charge < -0.3 is 4.74 Å². The number of ether oxygens (including phenoxy) is 1. The smallest absolute Gasteiger partial charge is 0.344 e. The van der Waals surface area contributed by atoms with E-state index >= 15 is 0 Å². The molecule has 0 unspecified atom stereocenters. The number of ketones is 1. The summed E-state index contributed by atoms with van der Waals surface area (Å²) in [7, 11) is 0. The Morgan fingerprint density at radius 1 is 1.28 bits per heavy atom. The Kier molecular flexibility index (Phi) is 5.45. The summed E-state index contributed by atoms with van der Waals surface area (Å²) >= 11 is 12.6. The maximum Gasteiger partial charge on any atom is 0.344 e. The van der Waals surface area contributed by atoms with Gasteiger partial charge in [0.1, 0.15) is 12.1 Å². The molecule has 0 fully saturated rings. The van der Waals surface area contributed by atoms with Crippen LogP contribution in [0.25, 0.3) is 0 Å². The van der Waals surface area contributed by atoms with Crippen LogP contribution in [0.15, 0.2) is 30.3 Å². The molecule has 0 spiro atoms. The van der Waals surface area contributed by atoms with E-state index in [1.807, 2.05) is 0 Å². The molecule has 0 N–H and O–H groups in total. The van der Waals surface area contributed by atoms with Gasteiger partial charge in [-0.3, -0.25) is 4.79 Å². The summed E-state index contributed by atoms with van der Waals surface area (Å²) in [5.74, 6) is -0.285. The number of nitrogens with zero attached hydrogens (tertiary/aromatic N) is 4. The number of benzene rings is 1. The highest BCUT2D eigenvalue weighted by atomic mass is 35.5. The molecule has 0 amide bonds. The van der Waals surface area contributed by atoms with Crippen LogP contribution in [0, 0.1) is 0 Å². The van der Waals surface area contributed by atoms with E-state index in [1.165, 1.54) is 23.2 Å². The fourth-order valence-electron chi connectivity index (χ4n) is 2.51. The van der Waals surface area contributed by atoms with Gasteiger partial charge in [0.2, 0.25) is 0 Å².